The number of nitrogens with one attached hydrogen (secondary N) is 1. The Labute approximate surface area is 215 Å². The zero-order valence-electron chi connectivity index (χ0n) is 18.8. The SMILES string of the molecule is O=C(Oc1ccc(/C=N\NC(=O)c2ccccc2Br)c(OC(=O)c2ccccc2)c1)c1ccccc1. The zero-order chi connectivity index (χ0) is 25.3. The van der Waals surface area contributed by atoms with Crippen LogP contribution in [-0.2, 0) is 0 Å². The van der Waals surface area contributed by atoms with Crippen molar-refractivity contribution < 1.29 is 23.9 Å². The molecule has 36 heavy (non-hydrogen) atoms. The van der Waals surface area contributed by atoms with Crippen molar-refractivity contribution in [3.8, 4) is 11.5 Å². The second-order valence-electron chi connectivity index (χ2n) is 7.39. The van der Waals surface area contributed by atoms with Gasteiger partial charge in [-0.3, -0.25) is 4.79 Å². The van der Waals surface area contributed by atoms with Crippen LogP contribution in [0.1, 0.15) is 36.6 Å². The summed E-state index contributed by atoms with van der Waals surface area (Å²) in [6.07, 6.45) is 1.34. The molecule has 0 radical (unpaired) electrons. The fraction of sp³-hybridized carbons (Fsp3) is 0. The lowest BCUT2D eigenvalue weighted by Crippen LogP contribution is -2.18. The molecule has 4 aromatic rings. The molecule has 8 heteroatoms. The van der Waals surface area contributed by atoms with Gasteiger partial charge >= 0.3 is 11.9 Å². The second kappa shape index (κ2) is 11.7. The number of nitrogens with zero attached hydrogens (tertiary/aromatic N) is 1. The number of hydrazone groups is 1. The Hall–Kier alpha value is -4.56. The maximum Gasteiger partial charge on any atom is 0.343 e. The standard InChI is InChI=1S/C28H19BrN2O5/c29-24-14-8-7-13-23(24)26(32)31-30-18-21-15-16-22(35-27(33)19-9-3-1-4-10-19)17-25(21)36-28(34)20-11-5-2-6-12-20/h1-18H,(H,31,32)/b30-18-. The lowest BCUT2D eigenvalue weighted by molar-refractivity contribution is 0.0732. The lowest BCUT2D eigenvalue weighted by Gasteiger charge is -2.10. The third kappa shape index (κ3) is 6.31. The van der Waals surface area contributed by atoms with E-state index < -0.39 is 17.8 Å². The van der Waals surface area contributed by atoms with E-state index in [2.05, 4.69) is 26.5 Å². The van der Waals surface area contributed by atoms with E-state index in [0.29, 0.717) is 26.7 Å². The molecule has 0 aliphatic heterocycles. The summed E-state index contributed by atoms with van der Waals surface area (Å²) in [6, 6.07) is 28.4. The van der Waals surface area contributed by atoms with E-state index in [4.69, 9.17) is 9.47 Å². The van der Waals surface area contributed by atoms with Crippen molar-refractivity contribution in [1.82, 2.24) is 5.43 Å². The quantitative estimate of drug-likeness (QED) is 0.141. The van der Waals surface area contributed by atoms with Crippen LogP contribution in [-0.4, -0.2) is 24.1 Å². The van der Waals surface area contributed by atoms with Crippen LogP contribution in [0.15, 0.2) is 113 Å². The Kier molecular flexibility index (Phi) is 8.00. The molecule has 0 atom stereocenters. The number of esters is 2. The summed E-state index contributed by atoms with van der Waals surface area (Å²) >= 11 is 3.33. The van der Waals surface area contributed by atoms with Crippen LogP contribution in [0.3, 0.4) is 0 Å². The van der Waals surface area contributed by atoms with Crippen LogP contribution in [0.5, 0.6) is 11.5 Å². The number of carbonyl (C=O) groups is 3. The first-order valence-electron chi connectivity index (χ1n) is 10.8. The minimum atomic E-state index is -0.603. The van der Waals surface area contributed by atoms with Gasteiger partial charge in [0.1, 0.15) is 11.5 Å². The Morgan fingerprint density at radius 3 is 1.94 bits per heavy atom. The van der Waals surface area contributed by atoms with E-state index in [1.807, 2.05) is 0 Å². The molecule has 0 aliphatic carbocycles. The zero-order valence-corrected chi connectivity index (χ0v) is 20.3. The Morgan fingerprint density at radius 2 is 1.31 bits per heavy atom. The van der Waals surface area contributed by atoms with Gasteiger partial charge in [-0.25, -0.2) is 15.0 Å². The van der Waals surface area contributed by atoms with Crippen molar-refractivity contribution in [3.63, 3.8) is 0 Å². The van der Waals surface area contributed by atoms with Crippen molar-refractivity contribution >= 4 is 40.0 Å². The summed E-state index contributed by atoms with van der Waals surface area (Å²) in [7, 11) is 0. The predicted octanol–water partition coefficient (Wildman–Crippen LogP) is 5.65. The van der Waals surface area contributed by atoms with E-state index in [-0.39, 0.29) is 11.5 Å². The van der Waals surface area contributed by atoms with Gasteiger partial charge in [0.25, 0.3) is 5.91 Å². The molecule has 1 amide bonds. The summed E-state index contributed by atoms with van der Waals surface area (Å²) in [5.74, 6) is -1.31. The highest BCUT2D eigenvalue weighted by atomic mass is 79.9. The van der Waals surface area contributed by atoms with Gasteiger partial charge in [0.2, 0.25) is 0 Å². The summed E-state index contributed by atoms with van der Waals surface area (Å²) in [4.78, 5) is 37.5. The van der Waals surface area contributed by atoms with Gasteiger partial charge in [-0.2, -0.15) is 5.10 Å². The minimum Gasteiger partial charge on any atom is -0.423 e. The normalized spacial score (nSPS) is 10.6. The van der Waals surface area contributed by atoms with Crippen LogP contribution in [0.4, 0.5) is 0 Å². The fourth-order valence-corrected chi connectivity index (χ4v) is 3.58. The van der Waals surface area contributed by atoms with Gasteiger partial charge in [-0.05, 0) is 64.5 Å². The Bertz CT molecular complexity index is 1420. The molecule has 1 N–H and O–H groups in total. The van der Waals surface area contributed by atoms with Crippen LogP contribution < -0.4 is 14.9 Å². The van der Waals surface area contributed by atoms with Crippen LogP contribution in [0, 0.1) is 0 Å². The van der Waals surface area contributed by atoms with Crippen molar-refractivity contribution in [2.75, 3.05) is 0 Å². The van der Waals surface area contributed by atoms with Gasteiger partial charge in [0.15, 0.2) is 0 Å². The third-order valence-electron chi connectivity index (χ3n) is 4.91. The molecule has 0 aliphatic rings. The molecule has 0 heterocycles. The van der Waals surface area contributed by atoms with Crippen LogP contribution in [0.25, 0.3) is 0 Å². The highest BCUT2D eigenvalue weighted by Crippen LogP contribution is 2.26. The van der Waals surface area contributed by atoms with Gasteiger partial charge in [0.05, 0.1) is 22.9 Å². The number of rotatable bonds is 7. The molecule has 0 aromatic heterocycles. The molecule has 4 rings (SSSR count). The van der Waals surface area contributed by atoms with E-state index in [1.54, 1.807) is 91.0 Å². The van der Waals surface area contributed by atoms with Gasteiger partial charge in [0, 0.05) is 16.1 Å². The topological polar surface area (TPSA) is 94.1 Å². The molecule has 0 unspecified atom stereocenters. The van der Waals surface area contributed by atoms with E-state index in [9.17, 15) is 14.4 Å². The summed E-state index contributed by atoms with van der Waals surface area (Å²) < 4.78 is 11.7. The lowest BCUT2D eigenvalue weighted by atomic mass is 10.2. The average Bonchev–Trinajstić information content (AvgIpc) is 2.91. The molecule has 0 spiro atoms. The fourth-order valence-electron chi connectivity index (χ4n) is 3.11. The number of carbonyl (C=O) groups excluding carboxylic acids is 3. The van der Waals surface area contributed by atoms with E-state index in [0.717, 1.165) is 0 Å². The summed E-state index contributed by atoms with van der Waals surface area (Å²) in [5.41, 5.74) is 3.95. The molecular weight excluding hydrogens is 524 g/mol. The molecule has 178 valence electrons. The molecule has 0 saturated heterocycles. The highest BCUT2D eigenvalue weighted by molar-refractivity contribution is 9.10. The first-order valence-corrected chi connectivity index (χ1v) is 11.6. The molecular formula is C28H19BrN2O5. The predicted molar refractivity (Wildman–Crippen MR) is 138 cm³/mol. The summed E-state index contributed by atoms with van der Waals surface area (Å²) in [6.45, 7) is 0. The number of ether oxygens (including phenoxy) is 2. The second-order valence-corrected chi connectivity index (χ2v) is 8.24. The molecule has 0 fully saturated rings. The first kappa shape index (κ1) is 24.6. The molecule has 0 bridgehead atoms. The van der Waals surface area contributed by atoms with Crippen molar-refractivity contribution in [2.24, 2.45) is 5.10 Å². The van der Waals surface area contributed by atoms with Crippen LogP contribution >= 0.6 is 15.9 Å². The highest BCUT2D eigenvalue weighted by Gasteiger charge is 2.15. The van der Waals surface area contributed by atoms with E-state index >= 15 is 0 Å². The monoisotopic (exact) mass is 542 g/mol. The molecule has 7 nitrogen and oxygen atoms in total. The summed E-state index contributed by atoms with van der Waals surface area (Å²) in [5, 5.41) is 3.99. The Morgan fingerprint density at radius 1 is 0.722 bits per heavy atom. The number of hydrogen-bond donors (Lipinski definition) is 1. The van der Waals surface area contributed by atoms with E-state index in [1.165, 1.54) is 18.3 Å². The van der Waals surface area contributed by atoms with Crippen molar-refractivity contribution in [3.05, 3.63) is 130 Å². The third-order valence-corrected chi connectivity index (χ3v) is 5.60. The average molecular weight is 543 g/mol. The molecule has 4 aromatic carbocycles. The minimum absolute atomic E-state index is 0.0982. The van der Waals surface area contributed by atoms with Crippen molar-refractivity contribution in [1.29, 1.82) is 0 Å². The number of halogens is 1. The number of amides is 1. The Balaban J connectivity index is 1.56. The number of benzene rings is 4. The van der Waals surface area contributed by atoms with Crippen LogP contribution in [0.2, 0.25) is 0 Å². The van der Waals surface area contributed by atoms with Gasteiger partial charge in [-0.1, -0.05) is 48.5 Å². The smallest absolute Gasteiger partial charge is 0.343 e. The first-order chi connectivity index (χ1) is 17.5. The largest absolute Gasteiger partial charge is 0.423 e. The molecule has 0 saturated carbocycles. The maximum atomic E-state index is 12.7. The maximum absolute atomic E-state index is 12.7. The number of hydrogen-bond acceptors (Lipinski definition) is 6. The van der Waals surface area contributed by atoms with Gasteiger partial charge in [-0.15, -0.1) is 0 Å². The van der Waals surface area contributed by atoms with Gasteiger partial charge < -0.3 is 9.47 Å². The van der Waals surface area contributed by atoms with Crippen molar-refractivity contribution in [2.45, 2.75) is 0 Å².